The van der Waals surface area contributed by atoms with Gasteiger partial charge in [-0.2, -0.15) is 0 Å². The lowest BCUT2D eigenvalue weighted by Crippen LogP contribution is -2.37. The van der Waals surface area contributed by atoms with Gasteiger partial charge in [0.2, 0.25) is 0 Å². The van der Waals surface area contributed by atoms with Crippen molar-refractivity contribution in [1.82, 2.24) is 30.1 Å². The van der Waals surface area contributed by atoms with Crippen LogP contribution in [0.5, 0.6) is 5.75 Å². The lowest BCUT2D eigenvalue weighted by atomic mass is 9.99. The number of pyridine rings is 1. The number of rotatable bonds is 8. The number of nitrogens with one attached hydrogen (secondary N) is 1. The number of benzene rings is 1. The number of nitrogens with zero attached hydrogens (tertiary/aromatic N) is 5. The van der Waals surface area contributed by atoms with Gasteiger partial charge in [0.15, 0.2) is 5.82 Å². The van der Waals surface area contributed by atoms with Crippen LogP contribution < -0.4 is 10.3 Å². The predicted molar refractivity (Wildman–Crippen MR) is 135 cm³/mol. The highest BCUT2D eigenvalue weighted by Gasteiger charge is 2.33. The first-order valence-corrected chi connectivity index (χ1v) is 12.3. The van der Waals surface area contributed by atoms with Crippen LogP contribution >= 0.6 is 11.3 Å². The minimum atomic E-state index is -0.266. The van der Waals surface area contributed by atoms with Gasteiger partial charge in [0, 0.05) is 34.4 Å². The van der Waals surface area contributed by atoms with Gasteiger partial charge in [-0.3, -0.25) is 9.69 Å². The van der Waals surface area contributed by atoms with Crippen molar-refractivity contribution in [2.45, 2.75) is 59.3 Å². The summed E-state index contributed by atoms with van der Waals surface area (Å²) in [5, 5.41) is 15.8. The fourth-order valence-electron chi connectivity index (χ4n) is 4.29. The van der Waals surface area contributed by atoms with E-state index in [1.165, 1.54) is 4.88 Å². The molecule has 1 atom stereocenters. The first-order valence-electron chi connectivity index (χ1n) is 11.4. The summed E-state index contributed by atoms with van der Waals surface area (Å²) in [5.41, 5.74) is 1.12. The van der Waals surface area contributed by atoms with Gasteiger partial charge in [0.05, 0.1) is 18.7 Å². The molecule has 9 heteroatoms. The van der Waals surface area contributed by atoms with Crippen LogP contribution in [0.4, 0.5) is 0 Å². The van der Waals surface area contributed by atoms with Crippen LogP contribution in [0.3, 0.4) is 0 Å². The molecule has 1 N–H and O–H groups in total. The van der Waals surface area contributed by atoms with Crippen molar-refractivity contribution in [2.75, 3.05) is 7.11 Å². The third-order valence-corrected chi connectivity index (χ3v) is 6.72. The van der Waals surface area contributed by atoms with Gasteiger partial charge in [0.1, 0.15) is 5.75 Å². The van der Waals surface area contributed by atoms with Gasteiger partial charge < -0.3 is 9.72 Å². The van der Waals surface area contributed by atoms with Crippen molar-refractivity contribution >= 4 is 22.2 Å². The number of hydrogen-bond acceptors (Lipinski definition) is 7. The van der Waals surface area contributed by atoms with E-state index in [0.717, 1.165) is 22.5 Å². The summed E-state index contributed by atoms with van der Waals surface area (Å²) < 4.78 is 7.28. The first-order chi connectivity index (χ1) is 16.2. The van der Waals surface area contributed by atoms with Crippen molar-refractivity contribution < 1.29 is 4.74 Å². The summed E-state index contributed by atoms with van der Waals surface area (Å²) >= 11 is 1.71. The lowest BCUT2D eigenvalue weighted by Gasteiger charge is -2.34. The highest BCUT2D eigenvalue weighted by atomic mass is 32.1. The fraction of sp³-hybridized carbons (Fsp3) is 0.440. The second kappa shape index (κ2) is 9.68. The van der Waals surface area contributed by atoms with E-state index in [1.54, 1.807) is 18.4 Å². The Balaban J connectivity index is 1.79. The Labute approximate surface area is 203 Å². The van der Waals surface area contributed by atoms with E-state index in [9.17, 15) is 4.79 Å². The number of thiophene rings is 1. The van der Waals surface area contributed by atoms with Gasteiger partial charge in [-0.15, -0.1) is 16.4 Å². The Kier molecular flexibility index (Phi) is 6.86. The second-order valence-electron chi connectivity index (χ2n) is 9.87. The molecule has 0 saturated heterocycles. The zero-order chi connectivity index (χ0) is 24.5. The Hall–Kier alpha value is -3.04. The maximum absolute atomic E-state index is 13.1. The molecule has 8 nitrogen and oxygen atoms in total. The maximum atomic E-state index is 13.1. The zero-order valence-corrected chi connectivity index (χ0v) is 21.4. The molecular weight excluding hydrogens is 448 g/mol. The molecule has 3 heterocycles. The van der Waals surface area contributed by atoms with Crippen molar-refractivity contribution in [2.24, 2.45) is 5.92 Å². The summed E-state index contributed by atoms with van der Waals surface area (Å²) in [5.74, 6) is 1.77. The molecule has 0 aliphatic heterocycles. The second-order valence-corrected chi connectivity index (χ2v) is 10.9. The van der Waals surface area contributed by atoms with Crippen molar-refractivity contribution in [1.29, 1.82) is 0 Å². The van der Waals surface area contributed by atoms with Gasteiger partial charge in [-0.1, -0.05) is 19.9 Å². The molecule has 0 unspecified atom stereocenters. The van der Waals surface area contributed by atoms with E-state index in [1.807, 2.05) is 28.9 Å². The molecule has 4 aromatic rings. The molecule has 4 rings (SSSR count). The number of methoxy groups -OCH3 is 1. The minimum Gasteiger partial charge on any atom is -0.497 e. The van der Waals surface area contributed by atoms with Crippen LogP contribution in [-0.2, 0) is 18.6 Å². The molecule has 3 aromatic heterocycles. The quantitative estimate of drug-likeness (QED) is 0.392. The number of tetrazole rings is 1. The molecule has 34 heavy (non-hydrogen) atoms. The van der Waals surface area contributed by atoms with Crippen LogP contribution in [0, 0.1) is 5.92 Å². The number of fused-ring (bicyclic) bond motifs is 1. The number of ether oxygens (including phenoxy) is 1. The molecule has 0 aliphatic carbocycles. The van der Waals surface area contributed by atoms with Gasteiger partial charge in [0.25, 0.3) is 5.56 Å². The van der Waals surface area contributed by atoms with Crippen LogP contribution in [0.1, 0.15) is 56.9 Å². The first kappa shape index (κ1) is 24.1. The summed E-state index contributed by atoms with van der Waals surface area (Å²) in [7, 11) is 1.64. The number of H-pyrrole nitrogens is 1. The van der Waals surface area contributed by atoms with Gasteiger partial charge in [-0.05, 0) is 72.8 Å². The normalized spacial score (nSPS) is 13.2. The molecule has 180 valence electrons. The van der Waals surface area contributed by atoms with Gasteiger partial charge >= 0.3 is 0 Å². The lowest BCUT2D eigenvalue weighted by molar-refractivity contribution is 0.121. The Morgan fingerprint density at radius 1 is 1.18 bits per heavy atom. The van der Waals surface area contributed by atoms with E-state index in [0.29, 0.717) is 18.7 Å². The van der Waals surface area contributed by atoms with Crippen LogP contribution in [0.25, 0.3) is 10.9 Å². The number of hydrogen-bond donors (Lipinski definition) is 1. The smallest absolute Gasteiger partial charge is 0.252 e. The Morgan fingerprint density at radius 3 is 2.62 bits per heavy atom. The van der Waals surface area contributed by atoms with Crippen molar-refractivity contribution in [3.8, 4) is 5.75 Å². The molecular formula is C25H32N6O2S. The summed E-state index contributed by atoms with van der Waals surface area (Å²) in [4.78, 5) is 19.6. The van der Waals surface area contributed by atoms with E-state index in [2.05, 4.69) is 77.5 Å². The highest BCUT2D eigenvalue weighted by molar-refractivity contribution is 7.09. The van der Waals surface area contributed by atoms with Gasteiger partial charge in [-0.25, -0.2) is 4.68 Å². The highest BCUT2D eigenvalue weighted by Crippen LogP contribution is 2.33. The Bertz CT molecular complexity index is 1300. The van der Waals surface area contributed by atoms with E-state index >= 15 is 0 Å². The summed E-state index contributed by atoms with van der Waals surface area (Å²) in [6, 6.07) is 11.7. The number of aromatic amines is 1. The van der Waals surface area contributed by atoms with E-state index < -0.39 is 0 Å². The zero-order valence-electron chi connectivity index (χ0n) is 20.6. The standard InChI is InChI=1S/C25H32N6O2S/c1-16(2)22(23-27-28-29-31(23)25(3,4)5)30(15-20-8-7-11-34-20)14-18-12-17-13-19(33-6)9-10-21(17)26-24(18)32/h7-13,16,22H,14-15H2,1-6H3,(H,26,32)/t22-/m1/s1. The minimum absolute atomic E-state index is 0.0864. The summed E-state index contributed by atoms with van der Waals surface area (Å²) in [6.07, 6.45) is 0. The third kappa shape index (κ3) is 5.05. The van der Waals surface area contributed by atoms with Crippen molar-refractivity contribution in [3.63, 3.8) is 0 Å². The summed E-state index contributed by atoms with van der Waals surface area (Å²) in [6.45, 7) is 11.8. The van der Waals surface area contributed by atoms with E-state index in [4.69, 9.17) is 4.74 Å². The molecule has 0 spiro atoms. The average Bonchev–Trinajstić information content (AvgIpc) is 3.46. The Morgan fingerprint density at radius 2 is 1.97 bits per heavy atom. The largest absolute Gasteiger partial charge is 0.497 e. The molecule has 0 amide bonds. The molecule has 0 aliphatic rings. The SMILES string of the molecule is COc1ccc2[nH]c(=O)c(CN(Cc3cccs3)[C@@H](c3nnnn3C(C)(C)C)C(C)C)cc2c1. The molecule has 0 bridgehead atoms. The predicted octanol–water partition coefficient (Wildman–Crippen LogP) is 4.74. The monoisotopic (exact) mass is 480 g/mol. The fourth-order valence-corrected chi connectivity index (χ4v) is 5.02. The molecule has 0 saturated carbocycles. The number of aromatic nitrogens is 5. The van der Waals surface area contributed by atoms with Crippen LogP contribution in [0.15, 0.2) is 46.6 Å². The topological polar surface area (TPSA) is 88.9 Å². The third-order valence-electron chi connectivity index (χ3n) is 5.86. The molecule has 0 radical (unpaired) electrons. The average molecular weight is 481 g/mol. The van der Waals surface area contributed by atoms with E-state index in [-0.39, 0.29) is 23.1 Å². The molecule has 0 fully saturated rings. The van der Waals surface area contributed by atoms with Crippen LogP contribution in [0.2, 0.25) is 0 Å². The van der Waals surface area contributed by atoms with Crippen LogP contribution in [-0.4, -0.2) is 37.2 Å². The molecule has 1 aromatic carbocycles. The maximum Gasteiger partial charge on any atom is 0.252 e. The van der Waals surface area contributed by atoms with Crippen molar-refractivity contribution in [3.05, 3.63) is 68.4 Å².